The molecule has 1 N–H and O–H groups in total. The topological polar surface area (TPSA) is 15.3 Å². The lowest BCUT2D eigenvalue weighted by Gasteiger charge is -2.33. The standard InChI is InChI=1S/C10H20F2N2/c1-10(11,12)5-7-14-6-3-4-9(8-14)13-2/h9,13H,3-8H2,1-2H3. The van der Waals surface area contributed by atoms with Gasteiger partial charge in [0.25, 0.3) is 0 Å². The van der Waals surface area contributed by atoms with Gasteiger partial charge >= 0.3 is 0 Å². The van der Waals surface area contributed by atoms with Gasteiger partial charge in [-0.05, 0) is 33.4 Å². The first kappa shape index (κ1) is 11.9. The van der Waals surface area contributed by atoms with Crippen LogP contribution in [-0.4, -0.2) is 43.5 Å². The first-order valence-electron chi connectivity index (χ1n) is 5.29. The number of alkyl halides is 2. The molecule has 1 heterocycles. The van der Waals surface area contributed by atoms with Gasteiger partial charge in [0.15, 0.2) is 0 Å². The van der Waals surface area contributed by atoms with Crippen LogP contribution in [0.15, 0.2) is 0 Å². The van der Waals surface area contributed by atoms with Crippen LogP contribution >= 0.6 is 0 Å². The van der Waals surface area contributed by atoms with Crippen molar-refractivity contribution in [1.29, 1.82) is 0 Å². The van der Waals surface area contributed by atoms with E-state index in [0.717, 1.165) is 32.9 Å². The van der Waals surface area contributed by atoms with E-state index in [2.05, 4.69) is 10.2 Å². The molecule has 1 rings (SSSR count). The number of nitrogens with zero attached hydrogens (tertiary/aromatic N) is 1. The summed E-state index contributed by atoms with van der Waals surface area (Å²) in [5, 5.41) is 3.20. The van der Waals surface area contributed by atoms with Crippen molar-refractivity contribution in [3.05, 3.63) is 0 Å². The summed E-state index contributed by atoms with van der Waals surface area (Å²) in [6.07, 6.45) is 2.25. The Balaban J connectivity index is 2.24. The van der Waals surface area contributed by atoms with E-state index in [1.54, 1.807) is 0 Å². The fraction of sp³-hybridized carbons (Fsp3) is 1.00. The third-order valence-corrected chi connectivity index (χ3v) is 2.78. The summed E-state index contributed by atoms with van der Waals surface area (Å²) in [5.74, 6) is -2.52. The van der Waals surface area contributed by atoms with Crippen LogP contribution in [0.25, 0.3) is 0 Å². The number of halogens is 2. The Morgan fingerprint density at radius 1 is 1.50 bits per heavy atom. The van der Waals surface area contributed by atoms with E-state index in [1.807, 2.05) is 7.05 Å². The van der Waals surface area contributed by atoms with Crippen molar-refractivity contribution in [1.82, 2.24) is 10.2 Å². The molecule has 1 saturated heterocycles. The molecule has 14 heavy (non-hydrogen) atoms. The zero-order chi connectivity index (χ0) is 10.6. The molecule has 4 heteroatoms. The molecule has 0 aliphatic carbocycles. The second-order valence-electron chi connectivity index (χ2n) is 4.25. The number of likely N-dealkylation sites (tertiary alicyclic amines) is 1. The van der Waals surface area contributed by atoms with Crippen LogP contribution in [0.5, 0.6) is 0 Å². The lowest BCUT2D eigenvalue weighted by molar-refractivity contribution is 0.000566. The van der Waals surface area contributed by atoms with Gasteiger partial charge in [0.1, 0.15) is 0 Å². The molecule has 0 radical (unpaired) electrons. The molecule has 0 spiro atoms. The highest BCUT2D eigenvalue weighted by Gasteiger charge is 2.24. The molecule has 1 aliphatic rings. The third kappa shape index (κ3) is 4.33. The van der Waals surface area contributed by atoms with E-state index in [4.69, 9.17) is 0 Å². The molecule has 0 bridgehead atoms. The Bertz CT molecular complexity index is 168. The molecule has 0 aromatic heterocycles. The molecule has 0 saturated carbocycles. The van der Waals surface area contributed by atoms with E-state index < -0.39 is 5.92 Å². The first-order valence-corrected chi connectivity index (χ1v) is 5.29. The summed E-state index contributed by atoms with van der Waals surface area (Å²) >= 11 is 0. The Labute approximate surface area is 84.7 Å². The molecular weight excluding hydrogens is 186 g/mol. The third-order valence-electron chi connectivity index (χ3n) is 2.78. The van der Waals surface area contributed by atoms with Gasteiger partial charge in [-0.15, -0.1) is 0 Å². The summed E-state index contributed by atoms with van der Waals surface area (Å²) in [6.45, 7) is 3.38. The van der Waals surface area contributed by atoms with E-state index in [1.165, 1.54) is 0 Å². The lowest BCUT2D eigenvalue weighted by atomic mass is 10.1. The van der Waals surface area contributed by atoms with E-state index in [-0.39, 0.29) is 6.42 Å². The summed E-state index contributed by atoms with van der Waals surface area (Å²) in [7, 11) is 1.93. The Morgan fingerprint density at radius 2 is 2.21 bits per heavy atom. The smallest absolute Gasteiger partial charge is 0.246 e. The van der Waals surface area contributed by atoms with Gasteiger partial charge in [-0.2, -0.15) is 0 Å². The van der Waals surface area contributed by atoms with Crippen LogP contribution in [0.2, 0.25) is 0 Å². The minimum absolute atomic E-state index is 0.0244. The molecule has 84 valence electrons. The van der Waals surface area contributed by atoms with E-state index in [9.17, 15) is 8.78 Å². The maximum atomic E-state index is 12.6. The molecule has 2 nitrogen and oxygen atoms in total. The molecule has 0 aromatic rings. The molecule has 1 atom stereocenters. The highest BCUT2D eigenvalue weighted by atomic mass is 19.3. The number of nitrogens with one attached hydrogen (secondary N) is 1. The fourth-order valence-corrected chi connectivity index (χ4v) is 1.85. The summed E-state index contributed by atoms with van der Waals surface area (Å²) in [4.78, 5) is 2.13. The minimum Gasteiger partial charge on any atom is -0.316 e. The van der Waals surface area contributed by atoms with Crippen molar-refractivity contribution in [3.63, 3.8) is 0 Å². The molecular formula is C10H20F2N2. The highest BCUT2D eigenvalue weighted by Crippen LogP contribution is 2.18. The number of hydrogen-bond donors (Lipinski definition) is 1. The first-order chi connectivity index (χ1) is 6.51. The van der Waals surface area contributed by atoms with Crippen molar-refractivity contribution in [2.24, 2.45) is 0 Å². The Kier molecular flexibility index (Phi) is 4.26. The minimum atomic E-state index is -2.52. The van der Waals surface area contributed by atoms with Crippen molar-refractivity contribution < 1.29 is 8.78 Å². The largest absolute Gasteiger partial charge is 0.316 e. The van der Waals surface area contributed by atoms with Gasteiger partial charge in [0.05, 0.1) is 0 Å². The maximum absolute atomic E-state index is 12.6. The summed E-state index contributed by atoms with van der Waals surface area (Å²) < 4.78 is 25.2. The van der Waals surface area contributed by atoms with Crippen molar-refractivity contribution in [2.45, 2.75) is 38.2 Å². The molecule has 0 aromatic carbocycles. The Morgan fingerprint density at radius 3 is 2.79 bits per heavy atom. The number of piperidine rings is 1. The second kappa shape index (κ2) is 5.03. The van der Waals surface area contributed by atoms with E-state index >= 15 is 0 Å². The SMILES string of the molecule is CNC1CCCN(CCC(C)(F)F)C1. The average Bonchev–Trinajstić information content (AvgIpc) is 2.14. The van der Waals surface area contributed by atoms with Crippen LogP contribution in [-0.2, 0) is 0 Å². The van der Waals surface area contributed by atoms with E-state index in [0.29, 0.717) is 12.6 Å². The Hall–Kier alpha value is -0.220. The average molecular weight is 206 g/mol. The van der Waals surface area contributed by atoms with Crippen LogP contribution in [0.1, 0.15) is 26.2 Å². The predicted octanol–water partition coefficient (Wildman–Crippen LogP) is 1.72. The molecule has 1 fully saturated rings. The van der Waals surface area contributed by atoms with Gasteiger partial charge in [-0.3, -0.25) is 0 Å². The van der Waals surface area contributed by atoms with Crippen LogP contribution in [0, 0.1) is 0 Å². The van der Waals surface area contributed by atoms with Gasteiger partial charge in [0.2, 0.25) is 5.92 Å². The highest BCUT2D eigenvalue weighted by molar-refractivity contribution is 4.77. The number of rotatable bonds is 4. The zero-order valence-corrected chi connectivity index (χ0v) is 9.02. The number of likely N-dealkylation sites (N-methyl/N-ethyl adjacent to an activating group) is 1. The van der Waals surface area contributed by atoms with Gasteiger partial charge < -0.3 is 10.2 Å². The monoisotopic (exact) mass is 206 g/mol. The normalized spacial score (nSPS) is 25.3. The van der Waals surface area contributed by atoms with Gasteiger partial charge in [-0.25, -0.2) is 8.78 Å². The fourth-order valence-electron chi connectivity index (χ4n) is 1.85. The predicted molar refractivity (Wildman–Crippen MR) is 53.8 cm³/mol. The molecule has 1 aliphatic heterocycles. The second-order valence-corrected chi connectivity index (χ2v) is 4.25. The van der Waals surface area contributed by atoms with Crippen LogP contribution in [0.4, 0.5) is 8.78 Å². The van der Waals surface area contributed by atoms with Crippen molar-refractivity contribution in [2.75, 3.05) is 26.7 Å². The molecule has 1 unspecified atom stereocenters. The quantitative estimate of drug-likeness (QED) is 0.753. The van der Waals surface area contributed by atoms with Gasteiger partial charge in [0, 0.05) is 25.6 Å². The van der Waals surface area contributed by atoms with Crippen molar-refractivity contribution in [3.8, 4) is 0 Å². The summed E-state index contributed by atoms with van der Waals surface area (Å²) in [6, 6.07) is 0.481. The summed E-state index contributed by atoms with van der Waals surface area (Å²) in [5.41, 5.74) is 0. The van der Waals surface area contributed by atoms with Crippen LogP contribution < -0.4 is 5.32 Å². The van der Waals surface area contributed by atoms with Gasteiger partial charge in [-0.1, -0.05) is 0 Å². The molecule has 0 amide bonds. The lowest BCUT2D eigenvalue weighted by Crippen LogP contribution is -2.45. The van der Waals surface area contributed by atoms with Crippen LogP contribution in [0.3, 0.4) is 0 Å². The van der Waals surface area contributed by atoms with Crippen molar-refractivity contribution >= 4 is 0 Å². The zero-order valence-electron chi connectivity index (χ0n) is 9.02. The number of hydrogen-bond acceptors (Lipinski definition) is 2. The maximum Gasteiger partial charge on any atom is 0.246 e.